The van der Waals surface area contributed by atoms with E-state index in [9.17, 15) is 14.4 Å². The summed E-state index contributed by atoms with van der Waals surface area (Å²) < 4.78 is 4.73. The molecule has 0 bridgehead atoms. The van der Waals surface area contributed by atoms with Crippen LogP contribution in [0.15, 0.2) is 29.1 Å². The van der Waals surface area contributed by atoms with E-state index in [1.165, 1.54) is 7.11 Å². The summed E-state index contributed by atoms with van der Waals surface area (Å²) in [5, 5.41) is 11.8. The molecule has 0 aliphatic heterocycles. The van der Waals surface area contributed by atoms with E-state index in [0.717, 1.165) is 0 Å². The zero-order valence-electron chi connectivity index (χ0n) is 13.2. The third kappa shape index (κ3) is 4.63. The lowest BCUT2D eigenvalue weighted by atomic mass is 10.2. The molecule has 1 aromatic carbocycles. The third-order valence-electron chi connectivity index (χ3n) is 3.52. The molecule has 24 heavy (non-hydrogen) atoms. The molecule has 0 radical (unpaired) electrons. The van der Waals surface area contributed by atoms with E-state index in [2.05, 4.69) is 15.3 Å². The van der Waals surface area contributed by atoms with Crippen molar-refractivity contribution in [3.05, 3.63) is 40.4 Å². The summed E-state index contributed by atoms with van der Waals surface area (Å²) in [6.45, 7) is -0.0876. The number of aromatic nitrogens is 2. The maximum atomic E-state index is 11.9. The number of benzene rings is 1. The second-order valence-corrected chi connectivity index (χ2v) is 5.25. The molecular formula is C16H19N3O5. The van der Waals surface area contributed by atoms with Gasteiger partial charge in [0.15, 0.2) is 6.10 Å². The lowest BCUT2D eigenvalue weighted by molar-refractivity contribution is -0.148. The molecule has 1 amide bonds. The molecule has 2 rings (SSSR count). The van der Waals surface area contributed by atoms with Gasteiger partial charge in [-0.15, -0.1) is 0 Å². The van der Waals surface area contributed by atoms with Gasteiger partial charge in [-0.2, -0.15) is 0 Å². The molecule has 8 nitrogen and oxygen atoms in total. The number of carboxylic acid groups (broad SMARTS) is 1. The number of aromatic amines is 1. The molecule has 0 saturated heterocycles. The predicted molar refractivity (Wildman–Crippen MR) is 86.7 cm³/mol. The van der Waals surface area contributed by atoms with Crippen LogP contribution in [0.2, 0.25) is 0 Å². The fourth-order valence-corrected chi connectivity index (χ4v) is 2.24. The van der Waals surface area contributed by atoms with Gasteiger partial charge < -0.3 is 20.1 Å². The summed E-state index contributed by atoms with van der Waals surface area (Å²) in [4.78, 5) is 41.5. The van der Waals surface area contributed by atoms with Gasteiger partial charge in [0.25, 0.3) is 5.56 Å². The molecule has 2 aromatic rings. The number of hydrogen-bond acceptors (Lipinski definition) is 5. The Balaban J connectivity index is 1.85. The van der Waals surface area contributed by atoms with Crippen LogP contribution in [0.1, 0.15) is 18.7 Å². The van der Waals surface area contributed by atoms with Crippen molar-refractivity contribution >= 4 is 22.8 Å². The Kier molecular flexibility index (Phi) is 6.02. The molecule has 8 heteroatoms. The molecule has 1 heterocycles. The van der Waals surface area contributed by atoms with E-state index < -0.39 is 12.1 Å². The first-order valence-corrected chi connectivity index (χ1v) is 7.51. The molecule has 1 atom stereocenters. The molecule has 0 aliphatic rings. The Morgan fingerprint density at radius 3 is 2.83 bits per heavy atom. The number of aryl methyl sites for hydroxylation is 1. The fraction of sp³-hybridized carbons (Fsp3) is 0.375. The van der Waals surface area contributed by atoms with Crippen molar-refractivity contribution in [2.24, 2.45) is 0 Å². The molecule has 1 aromatic heterocycles. The molecule has 128 valence electrons. The van der Waals surface area contributed by atoms with Gasteiger partial charge in [0.2, 0.25) is 5.91 Å². The zero-order chi connectivity index (χ0) is 17.5. The molecule has 0 saturated carbocycles. The number of hydrogen-bond donors (Lipinski definition) is 3. The number of amides is 1. The van der Waals surface area contributed by atoms with Gasteiger partial charge in [0.05, 0.1) is 17.4 Å². The van der Waals surface area contributed by atoms with E-state index >= 15 is 0 Å². The fourth-order valence-electron chi connectivity index (χ4n) is 2.24. The van der Waals surface area contributed by atoms with Crippen molar-refractivity contribution in [2.45, 2.75) is 25.4 Å². The van der Waals surface area contributed by atoms with Gasteiger partial charge >= 0.3 is 5.97 Å². The summed E-state index contributed by atoms with van der Waals surface area (Å²) in [6.07, 6.45) is 0.0670. The van der Waals surface area contributed by atoms with Gasteiger partial charge in [-0.3, -0.25) is 9.59 Å². The van der Waals surface area contributed by atoms with Crippen LogP contribution in [-0.4, -0.2) is 46.7 Å². The smallest absolute Gasteiger partial charge is 0.334 e. The van der Waals surface area contributed by atoms with Gasteiger partial charge in [0.1, 0.15) is 5.82 Å². The zero-order valence-corrected chi connectivity index (χ0v) is 13.2. The molecule has 0 spiro atoms. The summed E-state index contributed by atoms with van der Waals surface area (Å²) in [5.74, 6) is -0.885. The van der Waals surface area contributed by atoms with Crippen LogP contribution in [0.25, 0.3) is 10.9 Å². The monoisotopic (exact) mass is 333 g/mol. The molecular weight excluding hydrogens is 314 g/mol. The maximum absolute atomic E-state index is 11.9. The average Bonchev–Trinajstić information content (AvgIpc) is 2.55. The number of methoxy groups -OCH3 is 1. The van der Waals surface area contributed by atoms with Crippen LogP contribution in [0, 0.1) is 0 Å². The highest BCUT2D eigenvalue weighted by Crippen LogP contribution is 2.07. The number of para-hydroxylation sites is 1. The topological polar surface area (TPSA) is 121 Å². The summed E-state index contributed by atoms with van der Waals surface area (Å²) in [5.41, 5.74) is 0.412. The number of H-pyrrole nitrogens is 1. The molecule has 0 fully saturated rings. The van der Waals surface area contributed by atoms with Crippen molar-refractivity contribution < 1.29 is 19.4 Å². The molecule has 0 aliphatic carbocycles. The minimum absolute atomic E-state index is 0.0876. The minimum atomic E-state index is -1.13. The van der Waals surface area contributed by atoms with Crippen LogP contribution < -0.4 is 10.9 Å². The highest BCUT2D eigenvalue weighted by Gasteiger charge is 2.16. The number of carbonyl (C=O) groups is 2. The highest BCUT2D eigenvalue weighted by molar-refractivity contribution is 5.78. The number of aliphatic carboxylic acids is 1. The quantitative estimate of drug-likeness (QED) is 0.645. The van der Waals surface area contributed by atoms with E-state index in [-0.39, 0.29) is 24.4 Å². The summed E-state index contributed by atoms with van der Waals surface area (Å²) in [6, 6.07) is 7.04. The first-order valence-electron chi connectivity index (χ1n) is 7.51. The van der Waals surface area contributed by atoms with E-state index in [4.69, 9.17) is 9.84 Å². The average molecular weight is 333 g/mol. The molecule has 1 unspecified atom stereocenters. The lowest BCUT2D eigenvalue weighted by Crippen LogP contribution is -2.37. The Morgan fingerprint density at radius 2 is 2.12 bits per heavy atom. The first-order chi connectivity index (χ1) is 11.5. The second kappa shape index (κ2) is 8.21. The molecule has 3 N–H and O–H groups in total. The Hall–Kier alpha value is -2.74. The van der Waals surface area contributed by atoms with Gasteiger partial charge in [0, 0.05) is 20.0 Å². The van der Waals surface area contributed by atoms with Crippen LogP contribution in [0.3, 0.4) is 0 Å². The van der Waals surface area contributed by atoms with Crippen molar-refractivity contribution in [2.75, 3.05) is 13.7 Å². The van der Waals surface area contributed by atoms with Crippen molar-refractivity contribution in [1.29, 1.82) is 0 Å². The van der Waals surface area contributed by atoms with Crippen molar-refractivity contribution in [3.63, 3.8) is 0 Å². The number of ether oxygens (including phenoxy) is 1. The van der Waals surface area contributed by atoms with Crippen LogP contribution in [0.4, 0.5) is 0 Å². The Morgan fingerprint density at radius 1 is 1.38 bits per heavy atom. The van der Waals surface area contributed by atoms with E-state index in [1.807, 2.05) is 0 Å². The number of carbonyl (C=O) groups excluding carboxylic acids is 1. The third-order valence-corrected chi connectivity index (χ3v) is 3.52. The van der Waals surface area contributed by atoms with Gasteiger partial charge in [-0.1, -0.05) is 12.1 Å². The predicted octanol–water partition coefficient (Wildman–Crippen LogP) is 0.462. The van der Waals surface area contributed by atoms with E-state index in [0.29, 0.717) is 29.6 Å². The standard InChI is InChI=1S/C16H19N3O5/c1-24-12(16(22)23)9-17-14(20)8-4-7-13-18-11-6-3-2-5-10(11)15(21)19-13/h2-3,5-6,12H,4,7-9H2,1H3,(H,17,20)(H,22,23)(H,18,19,21). The number of nitrogens with one attached hydrogen (secondary N) is 2. The van der Waals surface area contributed by atoms with Gasteiger partial charge in [-0.25, -0.2) is 9.78 Å². The number of rotatable bonds is 8. The Labute approximate surface area is 137 Å². The number of fused-ring (bicyclic) bond motifs is 1. The minimum Gasteiger partial charge on any atom is -0.479 e. The Bertz CT molecular complexity index is 787. The SMILES string of the molecule is COC(CNC(=O)CCCc1nc2ccccc2c(=O)[nH]1)C(=O)O. The highest BCUT2D eigenvalue weighted by atomic mass is 16.5. The van der Waals surface area contributed by atoms with E-state index in [1.54, 1.807) is 24.3 Å². The van der Waals surface area contributed by atoms with Gasteiger partial charge in [-0.05, 0) is 18.6 Å². The van der Waals surface area contributed by atoms with Crippen LogP contribution in [-0.2, 0) is 20.7 Å². The van der Waals surface area contributed by atoms with Crippen molar-refractivity contribution in [1.82, 2.24) is 15.3 Å². The second-order valence-electron chi connectivity index (χ2n) is 5.25. The first kappa shape index (κ1) is 17.6. The normalized spacial score (nSPS) is 12.0. The number of nitrogens with zero attached hydrogens (tertiary/aromatic N) is 1. The van der Waals surface area contributed by atoms with Crippen LogP contribution in [0.5, 0.6) is 0 Å². The van der Waals surface area contributed by atoms with Crippen molar-refractivity contribution in [3.8, 4) is 0 Å². The lowest BCUT2D eigenvalue weighted by Gasteiger charge is -2.11. The van der Waals surface area contributed by atoms with Crippen LogP contribution >= 0.6 is 0 Å². The largest absolute Gasteiger partial charge is 0.479 e. The summed E-state index contributed by atoms with van der Waals surface area (Å²) in [7, 11) is 1.27. The number of carboxylic acids is 1. The maximum Gasteiger partial charge on any atom is 0.334 e. The summed E-state index contributed by atoms with van der Waals surface area (Å²) >= 11 is 0.